The molecule has 1 aromatic carbocycles. The van der Waals surface area contributed by atoms with Gasteiger partial charge in [0.1, 0.15) is 5.15 Å². The summed E-state index contributed by atoms with van der Waals surface area (Å²) in [4.78, 5) is 9.06. The maximum atomic E-state index is 6.25. The number of aromatic nitrogens is 2. The van der Waals surface area contributed by atoms with Crippen LogP contribution in [0.25, 0.3) is 11.4 Å². The molecule has 0 saturated carbocycles. The highest BCUT2D eigenvalue weighted by Gasteiger charge is 2.23. The van der Waals surface area contributed by atoms with E-state index in [1.165, 1.54) is 0 Å². The molecule has 0 unspecified atom stereocenters. The second-order valence-electron chi connectivity index (χ2n) is 5.71. The van der Waals surface area contributed by atoms with Crippen molar-refractivity contribution in [1.29, 1.82) is 0 Å². The highest BCUT2D eigenvalue weighted by Crippen LogP contribution is 2.32. The molecule has 0 fully saturated rings. The number of aryl methyl sites for hydroxylation is 1. The summed E-state index contributed by atoms with van der Waals surface area (Å²) in [6.45, 7) is 8.30. The molecule has 0 amide bonds. The van der Waals surface area contributed by atoms with Gasteiger partial charge in [-0.25, -0.2) is 9.97 Å². The lowest BCUT2D eigenvalue weighted by Crippen LogP contribution is -2.17. The summed E-state index contributed by atoms with van der Waals surface area (Å²) in [5.41, 5.74) is 2.77. The monoisotopic (exact) mass is 420 g/mol. The fourth-order valence-corrected chi connectivity index (χ4v) is 3.18. The van der Waals surface area contributed by atoms with Crippen LogP contribution in [0.15, 0.2) is 18.2 Å². The van der Waals surface area contributed by atoms with Gasteiger partial charge < -0.3 is 0 Å². The second kappa shape index (κ2) is 5.78. The third kappa shape index (κ3) is 3.26. The minimum atomic E-state index is -0.0909. The highest BCUT2D eigenvalue weighted by atomic mass is 127. The van der Waals surface area contributed by atoms with Crippen LogP contribution >= 0.6 is 45.8 Å². The Morgan fingerprint density at radius 3 is 2.30 bits per heavy atom. The Kier molecular flexibility index (Phi) is 4.62. The first kappa shape index (κ1) is 16.0. The van der Waals surface area contributed by atoms with Crippen LogP contribution in [0.3, 0.4) is 0 Å². The molecule has 0 spiro atoms. The Bertz CT molecular complexity index is 664. The van der Waals surface area contributed by atoms with E-state index in [0.717, 1.165) is 20.4 Å². The van der Waals surface area contributed by atoms with Crippen molar-refractivity contribution in [3.8, 4) is 11.4 Å². The zero-order valence-electron chi connectivity index (χ0n) is 11.8. The second-order valence-corrected chi connectivity index (χ2v) is 7.56. The average molecular weight is 421 g/mol. The van der Waals surface area contributed by atoms with Crippen LogP contribution in [0.2, 0.25) is 10.2 Å². The SMILES string of the molecule is Cc1ccc(-c2nc(Cl)c(I)c(C(C)(C)C)n2)cc1Cl. The molecule has 2 rings (SSSR count). The quantitative estimate of drug-likeness (QED) is 0.439. The van der Waals surface area contributed by atoms with Crippen LogP contribution in [0.5, 0.6) is 0 Å². The van der Waals surface area contributed by atoms with Gasteiger partial charge in [-0.3, -0.25) is 0 Å². The number of hydrogen-bond acceptors (Lipinski definition) is 2. The first-order valence-corrected chi connectivity index (χ1v) is 8.03. The molecule has 0 radical (unpaired) electrons. The maximum absolute atomic E-state index is 6.25. The summed E-state index contributed by atoms with van der Waals surface area (Å²) in [6, 6.07) is 5.80. The van der Waals surface area contributed by atoms with Crippen LogP contribution in [0.4, 0.5) is 0 Å². The van der Waals surface area contributed by atoms with Crippen molar-refractivity contribution >= 4 is 45.8 Å². The van der Waals surface area contributed by atoms with Gasteiger partial charge in [-0.1, -0.05) is 56.1 Å². The molecule has 2 nitrogen and oxygen atoms in total. The van der Waals surface area contributed by atoms with Crippen molar-refractivity contribution in [2.24, 2.45) is 0 Å². The molecule has 0 aliphatic carbocycles. The number of nitrogens with zero attached hydrogens (tertiary/aromatic N) is 2. The minimum absolute atomic E-state index is 0.0909. The molecule has 2 aromatic rings. The molecule has 0 saturated heterocycles. The maximum Gasteiger partial charge on any atom is 0.161 e. The number of halogens is 3. The molecule has 106 valence electrons. The molecule has 0 bridgehead atoms. The van der Waals surface area contributed by atoms with Crippen molar-refractivity contribution in [2.75, 3.05) is 0 Å². The Labute approximate surface area is 143 Å². The third-order valence-corrected chi connectivity index (χ3v) is 4.97. The molecule has 0 N–H and O–H groups in total. The molecule has 5 heteroatoms. The fraction of sp³-hybridized carbons (Fsp3) is 0.333. The molecular formula is C15H15Cl2IN2. The summed E-state index contributed by atoms with van der Waals surface area (Å²) in [7, 11) is 0. The zero-order chi connectivity index (χ0) is 15.1. The highest BCUT2D eigenvalue weighted by molar-refractivity contribution is 14.1. The van der Waals surface area contributed by atoms with Gasteiger partial charge in [-0.2, -0.15) is 0 Å². The minimum Gasteiger partial charge on any atom is -0.231 e. The lowest BCUT2D eigenvalue weighted by molar-refractivity contribution is 0.563. The lowest BCUT2D eigenvalue weighted by atomic mass is 9.92. The van der Waals surface area contributed by atoms with Crippen LogP contribution in [0.1, 0.15) is 32.0 Å². The van der Waals surface area contributed by atoms with Gasteiger partial charge in [0.25, 0.3) is 0 Å². The standard InChI is InChI=1S/C15H15Cl2IN2/c1-8-5-6-9(7-10(8)16)14-19-12(15(2,3)4)11(18)13(17)20-14/h5-7H,1-4H3. The van der Waals surface area contributed by atoms with Crippen LogP contribution in [0, 0.1) is 10.5 Å². The Hall–Kier alpha value is -0.390. The van der Waals surface area contributed by atoms with E-state index in [4.69, 9.17) is 23.2 Å². The number of hydrogen-bond donors (Lipinski definition) is 0. The van der Waals surface area contributed by atoms with E-state index in [0.29, 0.717) is 16.0 Å². The van der Waals surface area contributed by atoms with E-state index >= 15 is 0 Å². The van der Waals surface area contributed by atoms with E-state index in [2.05, 4.69) is 53.3 Å². The lowest BCUT2D eigenvalue weighted by Gasteiger charge is -2.20. The van der Waals surface area contributed by atoms with E-state index in [1.54, 1.807) is 0 Å². The van der Waals surface area contributed by atoms with Crippen LogP contribution in [-0.4, -0.2) is 9.97 Å². The van der Waals surface area contributed by atoms with Gasteiger partial charge in [-0.05, 0) is 41.1 Å². The summed E-state index contributed by atoms with van der Waals surface area (Å²) in [6.07, 6.45) is 0. The molecule has 0 aliphatic heterocycles. The van der Waals surface area contributed by atoms with Gasteiger partial charge in [-0.15, -0.1) is 0 Å². The topological polar surface area (TPSA) is 25.8 Å². The van der Waals surface area contributed by atoms with Crippen LogP contribution in [-0.2, 0) is 5.41 Å². The summed E-state index contributed by atoms with van der Waals surface area (Å²) in [5, 5.41) is 1.19. The Morgan fingerprint density at radius 2 is 1.75 bits per heavy atom. The van der Waals surface area contributed by atoms with Gasteiger partial charge in [0, 0.05) is 16.0 Å². The van der Waals surface area contributed by atoms with Gasteiger partial charge >= 0.3 is 0 Å². The molecular weight excluding hydrogens is 406 g/mol. The number of benzene rings is 1. The molecule has 1 heterocycles. The largest absolute Gasteiger partial charge is 0.231 e. The van der Waals surface area contributed by atoms with E-state index in [-0.39, 0.29) is 5.41 Å². The third-order valence-electron chi connectivity index (χ3n) is 2.95. The molecule has 0 atom stereocenters. The average Bonchev–Trinajstić information content (AvgIpc) is 2.34. The van der Waals surface area contributed by atoms with E-state index < -0.39 is 0 Å². The van der Waals surface area contributed by atoms with Crippen molar-refractivity contribution < 1.29 is 0 Å². The van der Waals surface area contributed by atoms with Crippen LogP contribution < -0.4 is 0 Å². The van der Waals surface area contributed by atoms with Gasteiger partial charge in [0.2, 0.25) is 0 Å². The summed E-state index contributed by atoms with van der Waals surface area (Å²) in [5.74, 6) is 0.613. The Morgan fingerprint density at radius 1 is 1.10 bits per heavy atom. The van der Waals surface area contributed by atoms with Gasteiger partial charge in [0.05, 0.1) is 9.26 Å². The van der Waals surface area contributed by atoms with Crippen molar-refractivity contribution in [2.45, 2.75) is 33.1 Å². The predicted molar refractivity (Wildman–Crippen MR) is 93.6 cm³/mol. The fourth-order valence-electron chi connectivity index (χ4n) is 1.78. The van der Waals surface area contributed by atoms with Gasteiger partial charge in [0.15, 0.2) is 5.82 Å². The van der Waals surface area contributed by atoms with Crippen molar-refractivity contribution in [1.82, 2.24) is 9.97 Å². The van der Waals surface area contributed by atoms with E-state index in [1.807, 2.05) is 25.1 Å². The first-order chi connectivity index (χ1) is 9.20. The predicted octanol–water partition coefficient (Wildman–Crippen LogP) is 5.66. The molecule has 20 heavy (non-hydrogen) atoms. The van der Waals surface area contributed by atoms with Crippen molar-refractivity contribution in [3.63, 3.8) is 0 Å². The zero-order valence-corrected chi connectivity index (χ0v) is 15.4. The summed E-state index contributed by atoms with van der Waals surface area (Å²) < 4.78 is 0.902. The van der Waals surface area contributed by atoms with Crippen molar-refractivity contribution in [3.05, 3.63) is 43.2 Å². The Balaban J connectivity index is 2.63. The molecule has 0 aliphatic rings. The normalized spacial score (nSPS) is 11.8. The molecule has 1 aromatic heterocycles. The smallest absolute Gasteiger partial charge is 0.161 e. The number of rotatable bonds is 1. The first-order valence-electron chi connectivity index (χ1n) is 6.20. The summed E-state index contributed by atoms with van der Waals surface area (Å²) >= 11 is 14.6. The van der Waals surface area contributed by atoms with E-state index in [9.17, 15) is 0 Å².